The van der Waals surface area contributed by atoms with E-state index in [1.165, 1.54) is 11.3 Å². The fraction of sp³-hybridized carbons (Fsp3) is 0.423. The fourth-order valence-electron chi connectivity index (χ4n) is 4.90. The van der Waals surface area contributed by atoms with Gasteiger partial charge in [-0.05, 0) is 51.1 Å². The summed E-state index contributed by atoms with van der Waals surface area (Å²) in [7, 11) is 0. The Labute approximate surface area is 222 Å². The number of hydrogen-bond acceptors (Lipinski definition) is 8. The van der Waals surface area contributed by atoms with Crippen molar-refractivity contribution in [2.24, 2.45) is 0 Å². The van der Waals surface area contributed by atoms with Crippen LogP contribution >= 0.6 is 11.3 Å². The molecule has 200 valence electrons. The number of aromatic nitrogens is 2. The number of amides is 3. The van der Waals surface area contributed by atoms with Crippen LogP contribution in [0, 0.1) is 5.82 Å². The van der Waals surface area contributed by atoms with Gasteiger partial charge in [-0.2, -0.15) is 0 Å². The molecular weight excluding hydrogens is 513 g/mol. The van der Waals surface area contributed by atoms with E-state index in [-0.39, 0.29) is 34.7 Å². The van der Waals surface area contributed by atoms with Crippen LogP contribution in [0.15, 0.2) is 24.5 Å². The molecule has 3 N–H and O–H groups in total. The minimum absolute atomic E-state index is 0.0204. The lowest BCUT2D eigenvalue weighted by atomic mass is 9.90. The predicted octanol–water partition coefficient (Wildman–Crippen LogP) is 5.38. The normalized spacial score (nSPS) is 19.4. The molecule has 3 amide bonds. The average Bonchev–Trinajstić information content (AvgIpc) is 3.43. The lowest BCUT2D eigenvalue weighted by Crippen LogP contribution is -2.50. The van der Waals surface area contributed by atoms with Crippen LogP contribution in [0.25, 0.3) is 20.7 Å². The summed E-state index contributed by atoms with van der Waals surface area (Å²) >= 11 is 1.34. The number of alkyl carbamates (subject to hydrolysis) is 1. The number of carbonyl (C=O) groups excluding carboxylic acids is 2. The van der Waals surface area contributed by atoms with Gasteiger partial charge in [-0.15, -0.1) is 11.3 Å². The molecule has 3 aromatic rings. The van der Waals surface area contributed by atoms with Gasteiger partial charge in [0.05, 0.1) is 33.4 Å². The third-order valence-corrected chi connectivity index (χ3v) is 7.68. The molecule has 0 radical (unpaired) electrons. The molecule has 0 spiro atoms. The molecule has 1 fully saturated rings. The Bertz CT molecular complexity index is 1400. The van der Waals surface area contributed by atoms with Gasteiger partial charge in [0.1, 0.15) is 5.60 Å². The van der Waals surface area contributed by atoms with Crippen molar-refractivity contribution in [3.63, 3.8) is 0 Å². The molecule has 3 aromatic heterocycles. The molecular formula is C26H28FN5O5S. The van der Waals surface area contributed by atoms with Gasteiger partial charge in [0.2, 0.25) is 0 Å². The zero-order chi connectivity index (χ0) is 27.2. The number of halogens is 1. The molecule has 5 rings (SSSR count). The molecule has 1 aliphatic heterocycles. The number of nitrogens with zero attached hydrogens (tertiary/aromatic N) is 3. The van der Waals surface area contributed by atoms with Gasteiger partial charge in [-0.1, -0.05) is 12.8 Å². The number of carbonyl (C=O) groups is 3. The largest absolute Gasteiger partial charge is 0.465 e. The highest BCUT2D eigenvalue weighted by molar-refractivity contribution is 7.22. The van der Waals surface area contributed by atoms with E-state index in [1.54, 1.807) is 33.2 Å². The Morgan fingerprint density at radius 1 is 1.24 bits per heavy atom. The van der Waals surface area contributed by atoms with Crippen molar-refractivity contribution < 1.29 is 28.6 Å². The Morgan fingerprint density at radius 2 is 1.97 bits per heavy atom. The van der Waals surface area contributed by atoms with Crippen LogP contribution in [0.5, 0.6) is 0 Å². The molecule has 38 heavy (non-hydrogen) atoms. The molecule has 1 aliphatic carbocycles. The number of pyridine rings is 2. The molecule has 0 unspecified atom stereocenters. The highest BCUT2D eigenvalue weighted by atomic mass is 32.1. The first-order valence-electron chi connectivity index (χ1n) is 12.4. The second kappa shape index (κ2) is 9.82. The third-order valence-electron chi connectivity index (χ3n) is 6.59. The number of nitrogens with one attached hydrogen (secondary N) is 2. The van der Waals surface area contributed by atoms with Gasteiger partial charge >= 0.3 is 12.2 Å². The molecule has 1 saturated carbocycles. The highest BCUT2D eigenvalue weighted by Crippen LogP contribution is 2.40. The monoisotopic (exact) mass is 541 g/mol. The molecule has 2 aliphatic rings. The van der Waals surface area contributed by atoms with Crippen molar-refractivity contribution in [1.29, 1.82) is 0 Å². The SMILES string of the molecule is CC(C)(C)OC(=O)N[C@H]1CCCC[C@H]1Nc1nc(-c2cc3ccncc3s2)c2c(c1F)CN(C(=O)O)C2=O. The summed E-state index contributed by atoms with van der Waals surface area (Å²) in [4.78, 5) is 47.1. The number of anilines is 1. The molecule has 2 atom stereocenters. The van der Waals surface area contributed by atoms with Crippen molar-refractivity contribution in [3.05, 3.63) is 41.5 Å². The quantitative estimate of drug-likeness (QED) is 0.401. The summed E-state index contributed by atoms with van der Waals surface area (Å²) in [5.74, 6) is -1.67. The number of imide groups is 1. The number of fused-ring (bicyclic) bond motifs is 2. The lowest BCUT2D eigenvalue weighted by Gasteiger charge is -2.34. The summed E-state index contributed by atoms with van der Waals surface area (Å²) in [6.07, 6.45) is 4.41. The number of thiophene rings is 1. The van der Waals surface area contributed by atoms with Gasteiger partial charge in [0.15, 0.2) is 11.6 Å². The lowest BCUT2D eigenvalue weighted by molar-refractivity contribution is 0.0488. The smallest absolute Gasteiger partial charge is 0.414 e. The molecule has 10 nitrogen and oxygen atoms in total. The summed E-state index contributed by atoms with van der Waals surface area (Å²) in [6, 6.07) is 2.97. The zero-order valence-electron chi connectivity index (χ0n) is 21.2. The molecule has 0 saturated heterocycles. The summed E-state index contributed by atoms with van der Waals surface area (Å²) < 4.78 is 22.1. The van der Waals surface area contributed by atoms with E-state index in [2.05, 4.69) is 20.6 Å². The maximum Gasteiger partial charge on any atom is 0.414 e. The number of carboxylic acid groups (broad SMARTS) is 1. The topological polar surface area (TPSA) is 134 Å². The third kappa shape index (κ3) is 5.00. The van der Waals surface area contributed by atoms with Crippen molar-refractivity contribution >= 4 is 45.3 Å². The highest BCUT2D eigenvalue weighted by Gasteiger charge is 2.40. The van der Waals surface area contributed by atoms with E-state index in [4.69, 9.17) is 4.74 Å². The van der Waals surface area contributed by atoms with Gasteiger partial charge in [-0.25, -0.2) is 23.9 Å². The Morgan fingerprint density at radius 3 is 2.66 bits per heavy atom. The number of hydrogen-bond donors (Lipinski definition) is 3. The maximum absolute atomic E-state index is 15.8. The average molecular weight is 542 g/mol. The molecule has 0 bridgehead atoms. The zero-order valence-corrected chi connectivity index (χ0v) is 22.0. The number of ether oxygens (including phenoxy) is 1. The van der Waals surface area contributed by atoms with Crippen molar-refractivity contribution in [2.45, 2.75) is 70.7 Å². The Kier molecular flexibility index (Phi) is 6.68. The van der Waals surface area contributed by atoms with Crippen LogP contribution in [-0.2, 0) is 11.3 Å². The number of rotatable bonds is 4. The van der Waals surface area contributed by atoms with Crippen LogP contribution < -0.4 is 10.6 Å². The second-order valence-electron chi connectivity index (χ2n) is 10.5. The first-order valence-corrected chi connectivity index (χ1v) is 13.2. The first-order chi connectivity index (χ1) is 18.0. The minimum Gasteiger partial charge on any atom is -0.465 e. The van der Waals surface area contributed by atoms with Crippen LogP contribution in [0.3, 0.4) is 0 Å². The van der Waals surface area contributed by atoms with Gasteiger partial charge in [-0.3, -0.25) is 9.78 Å². The van der Waals surface area contributed by atoms with E-state index in [0.717, 1.165) is 22.9 Å². The summed E-state index contributed by atoms with van der Waals surface area (Å²) in [6.45, 7) is 4.93. The van der Waals surface area contributed by atoms with Crippen LogP contribution in [-0.4, -0.2) is 55.8 Å². The van der Waals surface area contributed by atoms with Crippen LogP contribution in [0.1, 0.15) is 62.4 Å². The van der Waals surface area contributed by atoms with Crippen LogP contribution in [0.2, 0.25) is 0 Å². The van der Waals surface area contributed by atoms with E-state index in [0.29, 0.717) is 22.6 Å². The van der Waals surface area contributed by atoms with E-state index < -0.39 is 36.1 Å². The second-order valence-corrected chi connectivity index (χ2v) is 11.5. The van der Waals surface area contributed by atoms with Crippen molar-refractivity contribution in [1.82, 2.24) is 20.2 Å². The van der Waals surface area contributed by atoms with Gasteiger partial charge in [0, 0.05) is 24.0 Å². The van der Waals surface area contributed by atoms with Crippen LogP contribution in [0.4, 0.5) is 19.8 Å². The van der Waals surface area contributed by atoms with Gasteiger partial charge in [0.25, 0.3) is 5.91 Å². The first kappa shape index (κ1) is 25.8. The van der Waals surface area contributed by atoms with Gasteiger partial charge < -0.3 is 20.5 Å². The van der Waals surface area contributed by atoms with Crippen molar-refractivity contribution in [3.8, 4) is 10.6 Å². The molecule has 0 aromatic carbocycles. The van der Waals surface area contributed by atoms with E-state index in [1.807, 2.05) is 12.1 Å². The molecule has 12 heteroatoms. The Hall–Kier alpha value is -3.80. The Balaban J connectivity index is 1.53. The fourth-order valence-corrected chi connectivity index (χ4v) is 5.92. The van der Waals surface area contributed by atoms with E-state index >= 15 is 4.39 Å². The standard InChI is InChI=1S/C26H28FN5O5S/c1-26(2,3)37-24(34)30-16-7-5-4-6-15(16)29-22-20(27)14-12-32(25(35)36)23(33)19(14)21(31-22)17-10-13-8-9-28-11-18(13)38-17/h8-11,15-16H,4-7,12H2,1-3H3,(H,29,31)(H,30,34)(H,35,36)/t15-,16+/m1/s1. The maximum atomic E-state index is 15.8. The minimum atomic E-state index is -1.46. The van der Waals surface area contributed by atoms with Crippen molar-refractivity contribution in [2.75, 3.05) is 5.32 Å². The predicted molar refractivity (Wildman–Crippen MR) is 140 cm³/mol. The molecule has 4 heterocycles. The summed E-state index contributed by atoms with van der Waals surface area (Å²) in [5.41, 5.74) is -0.520. The van der Waals surface area contributed by atoms with E-state index in [9.17, 15) is 19.5 Å². The summed E-state index contributed by atoms with van der Waals surface area (Å²) in [5, 5.41) is 16.5.